The first kappa shape index (κ1) is 7.12. The number of ketones is 2. The lowest BCUT2D eigenvalue weighted by Crippen LogP contribution is -2.32. The average molecular weight is 162 g/mol. The Morgan fingerprint density at radius 1 is 1.33 bits per heavy atom. The zero-order valence-corrected chi connectivity index (χ0v) is 6.15. The molecule has 4 heteroatoms. The van der Waals surface area contributed by atoms with Gasteiger partial charge in [0.25, 0.3) is 0 Å². The number of pyridine rings is 1. The van der Waals surface area contributed by atoms with Crippen LogP contribution in [0, 0.1) is 0 Å². The fourth-order valence-electron chi connectivity index (χ4n) is 1.23. The molecule has 0 bridgehead atoms. The molecular weight excluding hydrogens is 156 g/mol. The highest BCUT2D eigenvalue weighted by molar-refractivity contribution is 6.28. The molecule has 12 heavy (non-hydrogen) atoms. The van der Waals surface area contributed by atoms with Gasteiger partial charge >= 0.3 is 0 Å². The first-order valence-electron chi connectivity index (χ1n) is 3.51. The van der Waals surface area contributed by atoms with Gasteiger partial charge in [-0.1, -0.05) is 0 Å². The zero-order valence-electron chi connectivity index (χ0n) is 6.15. The highest BCUT2D eigenvalue weighted by Crippen LogP contribution is 2.17. The van der Waals surface area contributed by atoms with Crippen molar-refractivity contribution in [1.29, 1.82) is 0 Å². The zero-order chi connectivity index (χ0) is 8.72. The highest BCUT2D eigenvalue weighted by atomic mass is 16.2. The summed E-state index contributed by atoms with van der Waals surface area (Å²) in [4.78, 5) is 26.2. The highest BCUT2D eigenvalue weighted by Gasteiger charge is 2.36. The van der Waals surface area contributed by atoms with Gasteiger partial charge in [-0.3, -0.25) is 14.6 Å². The molecule has 0 saturated carbocycles. The number of fused-ring (bicyclic) bond motifs is 1. The fraction of sp³-hybridized carbons (Fsp3) is 0.125. The monoisotopic (exact) mass is 162 g/mol. The van der Waals surface area contributed by atoms with E-state index < -0.39 is 6.04 Å². The molecule has 0 saturated heterocycles. The van der Waals surface area contributed by atoms with Crippen LogP contribution in [0.3, 0.4) is 0 Å². The number of rotatable bonds is 0. The van der Waals surface area contributed by atoms with Crippen molar-refractivity contribution >= 4 is 11.6 Å². The molecular formula is C8H6N2O2. The lowest BCUT2D eigenvalue weighted by Gasteiger charge is -1.92. The van der Waals surface area contributed by atoms with Crippen molar-refractivity contribution < 1.29 is 9.59 Å². The van der Waals surface area contributed by atoms with Crippen LogP contribution in [-0.2, 0) is 0 Å². The van der Waals surface area contributed by atoms with Gasteiger partial charge in [-0.25, -0.2) is 0 Å². The average Bonchev–Trinajstić information content (AvgIpc) is 2.33. The predicted octanol–water partition coefficient (Wildman–Crippen LogP) is -0.212. The second-order valence-electron chi connectivity index (χ2n) is 2.61. The molecule has 2 rings (SSSR count). The van der Waals surface area contributed by atoms with Crippen molar-refractivity contribution in [2.45, 2.75) is 6.04 Å². The van der Waals surface area contributed by atoms with Gasteiger partial charge in [-0.05, 0) is 12.1 Å². The molecule has 0 aliphatic heterocycles. The second-order valence-corrected chi connectivity index (χ2v) is 2.61. The molecule has 1 aliphatic carbocycles. The normalized spacial score (nSPS) is 21.2. The van der Waals surface area contributed by atoms with E-state index in [4.69, 9.17) is 5.73 Å². The molecule has 0 fully saturated rings. The molecule has 60 valence electrons. The van der Waals surface area contributed by atoms with Crippen molar-refractivity contribution in [3.63, 3.8) is 0 Å². The number of nitrogens with two attached hydrogens (primary N) is 1. The van der Waals surface area contributed by atoms with E-state index >= 15 is 0 Å². The number of carbonyl (C=O) groups is 2. The maximum atomic E-state index is 11.2. The first-order chi connectivity index (χ1) is 5.72. The van der Waals surface area contributed by atoms with Crippen molar-refractivity contribution in [3.05, 3.63) is 29.6 Å². The van der Waals surface area contributed by atoms with Gasteiger partial charge in [0.2, 0.25) is 5.78 Å². The fourth-order valence-corrected chi connectivity index (χ4v) is 1.23. The Morgan fingerprint density at radius 2 is 2.08 bits per heavy atom. The van der Waals surface area contributed by atoms with E-state index in [1.54, 1.807) is 12.1 Å². The van der Waals surface area contributed by atoms with Crippen LogP contribution >= 0.6 is 0 Å². The van der Waals surface area contributed by atoms with Gasteiger partial charge in [0.15, 0.2) is 5.78 Å². The number of Topliss-reactive ketones (excluding diaryl/α,β-unsaturated/α-hetero) is 2. The third-order valence-corrected chi connectivity index (χ3v) is 1.87. The maximum absolute atomic E-state index is 11.2. The van der Waals surface area contributed by atoms with E-state index in [0.29, 0.717) is 5.56 Å². The number of carbonyl (C=O) groups excluding carboxylic acids is 2. The molecule has 2 N–H and O–H groups in total. The SMILES string of the molecule is N[C@H]1C(=O)c2cccnc2C1=O. The number of aromatic nitrogens is 1. The molecule has 1 aromatic rings. The Labute approximate surface area is 68.4 Å². The third-order valence-electron chi connectivity index (χ3n) is 1.87. The number of nitrogens with zero attached hydrogens (tertiary/aromatic N) is 1. The van der Waals surface area contributed by atoms with Crippen LogP contribution in [0.5, 0.6) is 0 Å². The van der Waals surface area contributed by atoms with Gasteiger partial charge in [-0.2, -0.15) is 0 Å². The summed E-state index contributed by atoms with van der Waals surface area (Å²) in [7, 11) is 0. The van der Waals surface area contributed by atoms with Crippen LogP contribution in [0.15, 0.2) is 18.3 Å². The molecule has 0 amide bonds. The molecule has 0 radical (unpaired) electrons. The smallest absolute Gasteiger partial charge is 0.206 e. The van der Waals surface area contributed by atoms with E-state index in [9.17, 15) is 9.59 Å². The van der Waals surface area contributed by atoms with E-state index in [2.05, 4.69) is 4.98 Å². The van der Waals surface area contributed by atoms with Gasteiger partial charge < -0.3 is 5.73 Å². The lowest BCUT2D eigenvalue weighted by molar-refractivity contribution is 0.0891. The summed E-state index contributed by atoms with van der Waals surface area (Å²) in [5.41, 5.74) is 5.88. The Hall–Kier alpha value is -1.55. The van der Waals surface area contributed by atoms with E-state index in [-0.39, 0.29) is 17.3 Å². The Balaban J connectivity index is 2.67. The van der Waals surface area contributed by atoms with Crippen LogP contribution in [0.2, 0.25) is 0 Å². The first-order valence-corrected chi connectivity index (χ1v) is 3.51. The number of hydrogen-bond acceptors (Lipinski definition) is 4. The molecule has 4 nitrogen and oxygen atoms in total. The quantitative estimate of drug-likeness (QED) is 0.535. The maximum Gasteiger partial charge on any atom is 0.206 e. The lowest BCUT2D eigenvalue weighted by atomic mass is 10.2. The van der Waals surface area contributed by atoms with Gasteiger partial charge in [-0.15, -0.1) is 0 Å². The van der Waals surface area contributed by atoms with Crippen LogP contribution in [0.4, 0.5) is 0 Å². The Kier molecular flexibility index (Phi) is 1.31. The summed E-state index contributed by atoms with van der Waals surface area (Å²) in [6, 6.07) is 2.15. The molecule has 0 unspecified atom stereocenters. The van der Waals surface area contributed by atoms with Gasteiger partial charge in [0.1, 0.15) is 11.7 Å². The molecule has 0 spiro atoms. The topological polar surface area (TPSA) is 73.1 Å². The van der Waals surface area contributed by atoms with Crippen molar-refractivity contribution in [3.8, 4) is 0 Å². The van der Waals surface area contributed by atoms with Crippen molar-refractivity contribution in [1.82, 2.24) is 4.98 Å². The predicted molar refractivity (Wildman–Crippen MR) is 40.9 cm³/mol. The molecule has 1 aromatic heterocycles. The standard InChI is InChI=1S/C8H6N2O2/c9-5-7(11)4-2-1-3-10-6(4)8(5)12/h1-3,5H,9H2/t5-/m0/s1. The van der Waals surface area contributed by atoms with Crippen LogP contribution in [-0.4, -0.2) is 22.6 Å². The minimum Gasteiger partial charge on any atom is -0.315 e. The van der Waals surface area contributed by atoms with E-state index in [0.717, 1.165) is 0 Å². The van der Waals surface area contributed by atoms with E-state index in [1.807, 2.05) is 0 Å². The van der Waals surface area contributed by atoms with Crippen LogP contribution in [0.1, 0.15) is 20.8 Å². The summed E-state index contributed by atoms with van der Waals surface area (Å²) < 4.78 is 0. The largest absolute Gasteiger partial charge is 0.315 e. The summed E-state index contributed by atoms with van der Waals surface area (Å²) in [5, 5.41) is 0. The molecule has 0 aromatic carbocycles. The summed E-state index contributed by atoms with van der Waals surface area (Å²) >= 11 is 0. The summed E-state index contributed by atoms with van der Waals surface area (Å²) in [6.45, 7) is 0. The van der Waals surface area contributed by atoms with E-state index in [1.165, 1.54) is 6.20 Å². The van der Waals surface area contributed by atoms with Gasteiger partial charge in [0.05, 0.1) is 0 Å². The summed E-state index contributed by atoms with van der Waals surface area (Å²) in [5.74, 6) is -0.710. The minimum absolute atomic E-state index is 0.204. The van der Waals surface area contributed by atoms with Crippen molar-refractivity contribution in [2.75, 3.05) is 0 Å². The second kappa shape index (κ2) is 2.22. The summed E-state index contributed by atoms with van der Waals surface area (Å²) in [6.07, 6.45) is 1.47. The van der Waals surface area contributed by atoms with Crippen molar-refractivity contribution in [2.24, 2.45) is 5.73 Å². The Bertz CT molecular complexity index is 338. The van der Waals surface area contributed by atoms with Gasteiger partial charge in [0, 0.05) is 11.8 Å². The van der Waals surface area contributed by atoms with Crippen LogP contribution in [0.25, 0.3) is 0 Å². The molecule has 1 heterocycles. The molecule has 1 aliphatic rings. The molecule has 1 atom stereocenters. The number of hydrogen-bond donors (Lipinski definition) is 1. The minimum atomic E-state index is -1.03. The third kappa shape index (κ3) is 0.724. The Morgan fingerprint density at radius 3 is 2.75 bits per heavy atom. The van der Waals surface area contributed by atoms with Crippen LogP contribution < -0.4 is 5.73 Å².